The van der Waals surface area contributed by atoms with Crippen molar-refractivity contribution in [1.29, 1.82) is 5.26 Å². The summed E-state index contributed by atoms with van der Waals surface area (Å²) >= 11 is 0. The van der Waals surface area contributed by atoms with Crippen molar-refractivity contribution >= 4 is 5.82 Å². The molecule has 1 aliphatic heterocycles. The molecule has 0 radical (unpaired) electrons. The lowest BCUT2D eigenvalue weighted by Gasteiger charge is -2.35. The Labute approximate surface area is 133 Å². The quantitative estimate of drug-likeness (QED) is 0.925. The van der Waals surface area contributed by atoms with Crippen LogP contribution < -0.4 is 5.32 Å². The van der Waals surface area contributed by atoms with Crippen molar-refractivity contribution in [3.63, 3.8) is 0 Å². The van der Waals surface area contributed by atoms with E-state index in [1.165, 1.54) is 64.6 Å². The molecule has 3 rings (SSSR count). The van der Waals surface area contributed by atoms with Gasteiger partial charge in [0.05, 0.1) is 5.56 Å². The van der Waals surface area contributed by atoms with Gasteiger partial charge < -0.3 is 10.2 Å². The summed E-state index contributed by atoms with van der Waals surface area (Å²) in [6.07, 6.45) is 11.2. The van der Waals surface area contributed by atoms with Gasteiger partial charge in [-0.05, 0) is 43.7 Å². The van der Waals surface area contributed by atoms with Crippen LogP contribution in [0.4, 0.5) is 5.82 Å². The van der Waals surface area contributed by atoms with E-state index < -0.39 is 0 Å². The Morgan fingerprint density at radius 1 is 1.14 bits per heavy atom. The van der Waals surface area contributed by atoms with Gasteiger partial charge in [0.1, 0.15) is 11.9 Å². The van der Waals surface area contributed by atoms with Crippen LogP contribution in [0.2, 0.25) is 0 Å². The molecule has 1 aliphatic carbocycles. The molecule has 0 bridgehead atoms. The van der Waals surface area contributed by atoms with Crippen molar-refractivity contribution in [3.05, 3.63) is 23.9 Å². The fourth-order valence-electron chi connectivity index (χ4n) is 3.75. The smallest absolute Gasteiger partial charge is 0.126 e. The second-order valence-corrected chi connectivity index (χ2v) is 6.77. The van der Waals surface area contributed by atoms with Gasteiger partial charge in [-0.1, -0.05) is 19.3 Å². The number of likely N-dealkylation sites (tertiary alicyclic amines) is 1. The van der Waals surface area contributed by atoms with E-state index in [1.807, 2.05) is 12.1 Å². The van der Waals surface area contributed by atoms with Crippen LogP contribution in [0.5, 0.6) is 0 Å². The minimum absolute atomic E-state index is 0.517. The van der Waals surface area contributed by atoms with Gasteiger partial charge in [-0.25, -0.2) is 4.98 Å². The van der Waals surface area contributed by atoms with Crippen LogP contribution in [0, 0.1) is 17.2 Å². The number of nitrogens with one attached hydrogen (secondary N) is 1. The van der Waals surface area contributed by atoms with Crippen LogP contribution in [-0.2, 0) is 0 Å². The Hall–Kier alpha value is -1.60. The van der Waals surface area contributed by atoms with Crippen LogP contribution in [0.15, 0.2) is 18.3 Å². The third-order valence-electron chi connectivity index (χ3n) is 5.07. The summed E-state index contributed by atoms with van der Waals surface area (Å²) in [4.78, 5) is 6.96. The standard InChI is InChI=1S/C18H26N4/c19-12-16-6-7-18(20-13-16)21-17-8-10-22(11-9-17)14-15-4-2-1-3-5-15/h6-7,13,15,17H,1-5,8-11,14H2,(H,20,21). The summed E-state index contributed by atoms with van der Waals surface area (Å²) in [5, 5.41) is 12.3. The number of hydrogen-bond acceptors (Lipinski definition) is 4. The monoisotopic (exact) mass is 298 g/mol. The first-order chi connectivity index (χ1) is 10.8. The lowest BCUT2D eigenvalue weighted by molar-refractivity contribution is 0.168. The Morgan fingerprint density at radius 3 is 2.55 bits per heavy atom. The third-order valence-corrected chi connectivity index (χ3v) is 5.07. The highest BCUT2D eigenvalue weighted by Gasteiger charge is 2.22. The molecule has 22 heavy (non-hydrogen) atoms. The molecule has 0 unspecified atom stereocenters. The van der Waals surface area contributed by atoms with E-state index in [-0.39, 0.29) is 0 Å². The predicted molar refractivity (Wildman–Crippen MR) is 88.6 cm³/mol. The molecule has 2 heterocycles. The number of anilines is 1. The zero-order valence-corrected chi connectivity index (χ0v) is 13.3. The van der Waals surface area contributed by atoms with Gasteiger partial charge >= 0.3 is 0 Å². The van der Waals surface area contributed by atoms with Gasteiger partial charge in [0.15, 0.2) is 0 Å². The second-order valence-electron chi connectivity index (χ2n) is 6.77. The highest BCUT2D eigenvalue weighted by Crippen LogP contribution is 2.25. The maximum Gasteiger partial charge on any atom is 0.126 e. The molecule has 0 aromatic carbocycles. The lowest BCUT2D eigenvalue weighted by atomic mass is 9.88. The van der Waals surface area contributed by atoms with Gasteiger partial charge in [-0.15, -0.1) is 0 Å². The van der Waals surface area contributed by atoms with Crippen molar-refractivity contribution in [1.82, 2.24) is 9.88 Å². The van der Waals surface area contributed by atoms with E-state index in [1.54, 1.807) is 6.20 Å². The molecular weight excluding hydrogens is 272 g/mol. The minimum atomic E-state index is 0.517. The zero-order chi connectivity index (χ0) is 15.2. The number of piperidine rings is 1. The van der Waals surface area contributed by atoms with E-state index in [4.69, 9.17) is 5.26 Å². The van der Waals surface area contributed by atoms with E-state index in [0.717, 1.165) is 11.7 Å². The molecule has 1 aromatic rings. The highest BCUT2D eigenvalue weighted by atomic mass is 15.1. The van der Waals surface area contributed by atoms with Crippen molar-refractivity contribution < 1.29 is 0 Å². The van der Waals surface area contributed by atoms with Gasteiger partial charge in [0, 0.05) is 31.9 Å². The molecule has 0 atom stereocenters. The fraction of sp³-hybridized carbons (Fsp3) is 0.667. The molecule has 2 fully saturated rings. The molecule has 1 N–H and O–H groups in total. The lowest BCUT2D eigenvalue weighted by Crippen LogP contribution is -2.41. The predicted octanol–water partition coefficient (Wildman–Crippen LogP) is 3.41. The molecule has 1 saturated carbocycles. The van der Waals surface area contributed by atoms with Crippen LogP contribution in [0.25, 0.3) is 0 Å². The minimum Gasteiger partial charge on any atom is -0.367 e. The van der Waals surface area contributed by atoms with E-state index in [0.29, 0.717) is 11.6 Å². The Morgan fingerprint density at radius 2 is 1.91 bits per heavy atom. The molecule has 4 heteroatoms. The topological polar surface area (TPSA) is 52.0 Å². The number of hydrogen-bond donors (Lipinski definition) is 1. The van der Waals surface area contributed by atoms with Crippen LogP contribution in [0.1, 0.15) is 50.5 Å². The first kappa shape index (κ1) is 15.3. The largest absolute Gasteiger partial charge is 0.367 e. The molecule has 2 aliphatic rings. The van der Waals surface area contributed by atoms with Gasteiger partial charge in [-0.2, -0.15) is 5.26 Å². The molecule has 118 valence electrons. The summed E-state index contributed by atoms with van der Waals surface area (Å²) in [6, 6.07) is 6.36. The van der Waals surface area contributed by atoms with Gasteiger partial charge in [-0.3, -0.25) is 0 Å². The number of pyridine rings is 1. The van der Waals surface area contributed by atoms with Crippen molar-refractivity contribution in [3.8, 4) is 6.07 Å². The Kier molecular flexibility index (Phi) is 5.29. The summed E-state index contributed by atoms with van der Waals surface area (Å²) in [6.45, 7) is 3.71. The average molecular weight is 298 g/mol. The van der Waals surface area contributed by atoms with Crippen LogP contribution in [0.3, 0.4) is 0 Å². The summed E-state index contributed by atoms with van der Waals surface area (Å²) in [5.41, 5.74) is 0.618. The number of aromatic nitrogens is 1. The summed E-state index contributed by atoms with van der Waals surface area (Å²) < 4.78 is 0. The number of nitriles is 1. The first-order valence-electron chi connectivity index (χ1n) is 8.68. The normalized spacial score (nSPS) is 21.4. The number of nitrogens with zero attached hydrogens (tertiary/aromatic N) is 3. The highest BCUT2D eigenvalue weighted by molar-refractivity contribution is 5.39. The van der Waals surface area contributed by atoms with Crippen LogP contribution >= 0.6 is 0 Å². The van der Waals surface area contributed by atoms with Crippen molar-refractivity contribution in [2.45, 2.75) is 51.0 Å². The van der Waals surface area contributed by atoms with E-state index in [2.05, 4.69) is 21.3 Å². The molecule has 4 nitrogen and oxygen atoms in total. The first-order valence-corrected chi connectivity index (χ1v) is 8.68. The van der Waals surface area contributed by atoms with Gasteiger partial charge in [0.25, 0.3) is 0 Å². The van der Waals surface area contributed by atoms with Crippen molar-refractivity contribution in [2.75, 3.05) is 25.0 Å². The SMILES string of the molecule is N#Cc1ccc(NC2CCN(CC3CCCCC3)CC2)nc1. The molecular formula is C18H26N4. The van der Waals surface area contributed by atoms with Gasteiger partial charge in [0.2, 0.25) is 0 Å². The maximum absolute atomic E-state index is 8.80. The molecule has 0 amide bonds. The van der Waals surface area contributed by atoms with E-state index >= 15 is 0 Å². The van der Waals surface area contributed by atoms with Crippen LogP contribution in [-0.4, -0.2) is 35.6 Å². The molecule has 1 aromatic heterocycles. The Balaban J connectivity index is 1.42. The maximum atomic E-state index is 8.80. The molecule has 1 saturated heterocycles. The molecule has 0 spiro atoms. The number of rotatable bonds is 4. The zero-order valence-electron chi connectivity index (χ0n) is 13.3. The average Bonchev–Trinajstić information content (AvgIpc) is 2.58. The van der Waals surface area contributed by atoms with Crippen molar-refractivity contribution in [2.24, 2.45) is 5.92 Å². The second kappa shape index (κ2) is 7.60. The van der Waals surface area contributed by atoms with E-state index in [9.17, 15) is 0 Å². The summed E-state index contributed by atoms with van der Waals surface area (Å²) in [7, 11) is 0. The fourth-order valence-corrected chi connectivity index (χ4v) is 3.75. The Bertz CT molecular complexity index is 491. The third kappa shape index (κ3) is 4.20. The summed E-state index contributed by atoms with van der Waals surface area (Å²) in [5.74, 6) is 1.84.